The molecule has 0 aliphatic heterocycles. The molecule has 1 aromatic rings. The molecule has 0 spiro atoms. The Morgan fingerprint density at radius 2 is 2.00 bits per heavy atom. The van der Waals surface area contributed by atoms with Crippen molar-refractivity contribution in [2.45, 2.75) is 26.7 Å². The third kappa shape index (κ3) is 2.61. The molecule has 0 radical (unpaired) electrons. The van der Waals surface area contributed by atoms with Gasteiger partial charge in [-0.2, -0.15) is 0 Å². The summed E-state index contributed by atoms with van der Waals surface area (Å²) in [5.41, 5.74) is 1.77. The quantitative estimate of drug-likeness (QED) is 0.625. The molecule has 0 aliphatic rings. The summed E-state index contributed by atoms with van der Waals surface area (Å²) in [6, 6.07) is 1.53. The number of hydrogen-bond acceptors (Lipinski definition) is 4. The second-order valence-electron chi connectivity index (χ2n) is 3.47. The Balaban J connectivity index is 3.39. The third-order valence-electron chi connectivity index (χ3n) is 2.55. The van der Waals surface area contributed by atoms with E-state index in [4.69, 9.17) is 9.84 Å². The minimum atomic E-state index is -1.46. The largest absolute Gasteiger partial charge is 0.511 e. The van der Waals surface area contributed by atoms with Crippen LogP contribution in [0.5, 0.6) is 17.2 Å². The average Bonchev–Trinajstić information content (AvgIpc) is 2.30. The first kappa shape index (κ1) is 13.2. The Hall–Kier alpha value is -1.91. The van der Waals surface area contributed by atoms with Gasteiger partial charge in [0.1, 0.15) is 0 Å². The molecule has 0 fully saturated rings. The van der Waals surface area contributed by atoms with E-state index in [1.54, 1.807) is 0 Å². The van der Waals surface area contributed by atoms with Crippen molar-refractivity contribution in [3.05, 3.63) is 17.2 Å². The summed E-state index contributed by atoms with van der Waals surface area (Å²) in [6.45, 7) is 3.88. The van der Waals surface area contributed by atoms with Crippen LogP contribution in [0.3, 0.4) is 0 Å². The van der Waals surface area contributed by atoms with E-state index >= 15 is 0 Å². The van der Waals surface area contributed by atoms with Crippen LogP contribution < -0.4 is 9.47 Å². The van der Waals surface area contributed by atoms with Crippen molar-refractivity contribution in [3.63, 3.8) is 0 Å². The molecule has 94 valence electrons. The zero-order valence-electron chi connectivity index (χ0n) is 10.1. The van der Waals surface area contributed by atoms with Gasteiger partial charge in [0.25, 0.3) is 0 Å². The van der Waals surface area contributed by atoms with Crippen LogP contribution in [0.1, 0.15) is 25.0 Å². The fourth-order valence-electron chi connectivity index (χ4n) is 1.81. The van der Waals surface area contributed by atoms with Gasteiger partial charge < -0.3 is 19.7 Å². The van der Waals surface area contributed by atoms with Gasteiger partial charge in [-0.25, -0.2) is 4.79 Å². The molecule has 2 N–H and O–H groups in total. The highest BCUT2D eigenvalue weighted by Crippen LogP contribution is 2.41. The number of carboxylic acid groups (broad SMARTS) is 1. The van der Waals surface area contributed by atoms with E-state index in [-0.39, 0.29) is 17.2 Å². The maximum atomic E-state index is 10.5. The maximum Gasteiger partial charge on any atom is 0.511 e. The number of benzene rings is 1. The van der Waals surface area contributed by atoms with E-state index in [1.165, 1.54) is 13.2 Å². The Kier molecular flexibility index (Phi) is 4.20. The summed E-state index contributed by atoms with van der Waals surface area (Å²) in [7, 11) is 1.43. The molecular formula is C12H16O5. The predicted molar refractivity (Wildman–Crippen MR) is 62.1 cm³/mol. The Labute approximate surface area is 99.6 Å². The van der Waals surface area contributed by atoms with Gasteiger partial charge in [0.2, 0.25) is 5.75 Å². The molecule has 0 heterocycles. The van der Waals surface area contributed by atoms with Crippen molar-refractivity contribution < 1.29 is 24.5 Å². The molecule has 0 atom stereocenters. The summed E-state index contributed by atoms with van der Waals surface area (Å²) >= 11 is 0. The first-order valence-electron chi connectivity index (χ1n) is 5.37. The third-order valence-corrected chi connectivity index (χ3v) is 2.55. The van der Waals surface area contributed by atoms with Gasteiger partial charge in [0, 0.05) is 5.56 Å². The van der Waals surface area contributed by atoms with E-state index in [0.29, 0.717) is 12.8 Å². The zero-order chi connectivity index (χ0) is 13.0. The minimum Gasteiger partial charge on any atom is -0.502 e. The second-order valence-corrected chi connectivity index (χ2v) is 3.47. The Bertz CT molecular complexity index is 425. The Morgan fingerprint density at radius 1 is 1.35 bits per heavy atom. The van der Waals surface area contributed by atoms with Gasteiger partial charge in [0.15, 0.2) is 11.5 Å². The lowest BCUT2D eigenvalue weighted by atomic mass is 10.0. The number of ether oxygens (including phenoxy) is 2. The number of phenolic OH excluding ortho intramolecular Hbond substituents is 1. The standard InChI is InChI=1S/C12H16O5/c1-4-7-6-9(17-12(14)15)10(13)11(16-3)8(7)5-2/h6,13H,4-5H2,1-3H3,(H,14,15). The van der Waals surface area contributed by atoms with Gasteiger partial charge in [-0.1, -0.05) is 13.8 Å². The fourth-order valence-corrected chi connectivity index (χ4v) is 1.81. The highest BCUT2D eigenvalue weighted by atomic mass is 16.7. The number of carbonyl (C=O) groups is 1. The summed E-state index contributed by atoms with van der Waals surface area (Å²) in [5.74, 6) is -0.0875. The first-order valence-corrected chi connectivity index (χ1v) is 5.37. The molecule has 0 saturated heterocycles. The Morgan fingerprint density at radius 3 is 2.41 bits per heavy atom. The van der Waals surface area contributed by atoms with Crippen LogP contribution in [0.2, 0.25) is 0 Å². The van der Waals surface area contributed by atoms with Crippen molar-refractivity contribution in [1.82, 2.24) is 0 Å². The van der Waals surface area contributed by atoms with Crippen LogP contribution in [-0.4, -0.2) is 23.5 Å². The molecule has 5 nitrogen and oxygen atoms in total. The van der Waals surface area contributed by atoms with Crippen molar-refractivity contribution in [3.8, 4) is 17.2 Å². The molecule has 0 aromatic heterocycles. The van der Waals surface area contributed by atoms with Crippen LogP contribution in [0.15, 0.2) is 6.07 Å². The molecule has 0 amide bonds. The van der Waals surface area contributed by atoms with Crippen LogP contribution in [-0.2, 0) is 12.8 Å². The highest BCUT2D eigenvalue weighted by Gasteiger charge is 2.19. The molecule has 0 saturated carbocycles. The monoisotopic (exact) mass is 240 g/mol. The normalized spacial score (nSPS) is 10.1. The number of hydrogen-bond donors (Lipinski definition) is 2. The lowest BCUT2D eigenvalue weighted by Gasteiger charge is -2.15. The molecule has 0 bridgehead atoms. The van der Waals surface area contributed by atoms with E-state index in [2.05, 4.69) is 4.74 Å². The number of aryl methyl sites for hydroxylation is 1. The SMILES string of the molecule is CCc1cc(OC(=O)O)c(O)c(OC)c1CC. The number of aromatic hydroxyl groups is 1. The minimum absolute atomic E-state index is 0.0941. The van der Waals surface area contributed by atoms with Gasteiger partial charge in [0.05, 0.1) is 7.11 Å². The van der Waals surface area contributed by atoms with Crippen molar-refractivity contribution in [2.75, 3.05) is 7.11 Å². The van der Waals surface area contributed by atoms with Crippen LogP contribution >= 0.6 is 0 Å². The van der Waals surface area contributed by atoms with Crippen molar-refractivity contribution >= 4 is 6.16 Å². The number of methoxy groups -OCH3 is 1. The number of rotatable bonds is 4. The summed E-state index contributed by atoms with van der Waals surface area (Å²) < 4.78 is 9.62. The molecule has 1 aromatic carbocycles. The smallest absolute Gasteiger partial charge is 0.502 e. The van der Waals surface area contributed by atoms with E-state index in [1.807, 2.05) is 13.8 Å². The van der Waals surface area contributed by atoms with Gasteiger partial charge in [-0.05, 0) is 24.5 Å². The average molecular weight is 240 g/mol. The molecule has 5 heteroatoms. The van der Waals surface area contributed by atoms with Gasteiger partial charge >= 0.3 is 6.16 Å². The van der Waals surface area contributed by atoms with Crippen LogP contribution in [0, 0.1) is 0 Å². The highest BCUT2D eigenvalue weighted by molar-refractivity contribution is 5.66. The van der Waals surface area contributed by atoms with Crippen LogP contribution in [0.25, 0.3) is 0 Å². The molecule has 17 heavy (non-hydrogen) atoms. The molecule has 0 aliphatic carbocycles. The molecule has 1 rings (SSSR count). The predicted octanol–water partition coefficient (Wildman–Crippen LogP) is 2.58. The molecular weight excluding hydrogens is 224 g/mol. The van der Waals surface area contributed by atoms with Gasteiger partial charge in [-0.15, -0.1) is 0 Å². The fraction of sp³-hybridized carbons (Fsp3) is 0.417. The lowest BCUT2D eigenvalue weighted by molar-refractivity contribution is 0.142. The first-order chi connectivity index (χ1) is 8.04. The van der Waals surface area contributed by atoms with Crippen molar-refractivity contribution in [1.29, 1.82) is 0 Å². The summed E-state index contributed by atoms with van der Waals surface area (Å²) in [5, 5.41) is 18.4. The lowest BCUT2D eigenvalue weighted by Crippen LogP contribution is -2.06. The number of phenols is 1. The van der Waals surface area contributed by atoms with E-state index in [9.17, 15) is 9.90 Å². The maximum absolute atomic E-state index is 10.5. The van der Waals surface area contributed by atoms with Gasteiger partial charge in [-0.3, -0.25) is 0 Å². The van der Waals surface area contributed by atoms with Crippen molar-refractivity contribution in [2.24, 2.45) is 0 Å². The second kappa shape index (κ2) is 5.43. The topological polar surface area (TPSA) is 76.0 Å². The van der Waals surface area contributed by atoms with E-state index in [0.717, 1.165) is 11.1 Å². The van der Waals surface area contributed by atoms with Crippen LogP contribution in [0.4, 0.5) is 4.79 Å². The van der Waals surface area contributed by atoms with E-state index < -0.39 is 6.16 Å². The molecule has 0 unspecified atom stereocenters. The summed E-state index contributed by atoms with van der Waals surface area (Å²) in [4.78, 5) is 10.5. The summed E-state index contributed by atoms with van der Waals surface area (Å²) in [6.07, 6.45) is -0.0723. The zero-order valence-corrected chi connectivity index (χ0v) is 10.1.